The fourth-order valence-electron chi connectivity index (χ4n) is 2.07. The van der Waals surface area contributed by atoms with Crippen LogP contribution in [0.25, 0.3) is 0 Å². The maximum absolute atomic E-state index is 8.41. The molecule has 0 radical (unpaired) electrons. The first kappa shape index (κ1) is 15.9. The molecule has 1 N–H and O–H groups in total. The molecule has 0 heterocycles. The van der Waals surface area contributed by atoms with Crippen molar-refractivity contribution in [3.63, 3.8) is 0 Å². The molecule has 0 aromatic heterocycles. The lowest BCUT2D eigenvalue weighted by Gasteiger charge is -2.28. The molecule has 0 bridgehead atoms. The van der Waals surface area contributed by atoms with Crippen LogP contribution in [-0.2, 0) is 9.93 Å². The number of hydrogen-bond donors (Lipinski definition) is 1. The largest absolute Gasteiger partial charge is 0.221 e. The lowest BCUT2D eigenvalue weighted by Crippen LogP contribution is -2.30. The fraction of sp³-hybridized carbons (Fsp3) is 1.00. The second-order valence-electron chi connectivity index (χ2n) is 4.57. The second kappa shape index (κ2) is 10.1. The van der Waals surface area contributed by atoms with Crippen molar-refractivity contribution in [2.75, 3.05) is 0 Å². The van der Waals surface area contributed by atoms with Gasteiger partial charge in [-0.25, -0.2) is 5.26 Å². The Morgan fingerprint density at radius 1 is 0.875 bits per heavy atom. The SMILES string of the molecule is CCCCCCCCC(CC)(CC)OOO. The molecular weight excluding hydrogens is 204 g/mol. The van der Waals surface area contributed by atoms with Gasteiger partial charge >= 0.3 is 0 Å². The molecule has 0 saturated carbocycles. The zero-order valence-corrected chi connectivity index (χ0v) is 11.1. The van der Waals surface area contributed by atoms with Gasteiger partial charge in [0.2, 0.25) is 0 Å². The Balaban J connectivity index is 3.67. The minimum atomic E-state index is -0.292. The van der Waals surface area contributed by atoms with Crippen LogP contribution in [0.1, 0.15) is 78.6 Å². The molecule has 0 aliphatic heterocycles. The van der Waals surface area contributed by atoms with E-state index < -0.39 is 0 Å². The highest BCUT2D eigenvalue weighted by Crippen LogP contribution is 2.27. The van der Waals surface area contributed by atoms with E-state index in [2.05, 4.69) is 25.8 Å². The maximum Gasteiger partial charge on any atom is 0.106 e. The highest BCUT2D eigenvalue weighted by Gasteiger charge is 2.28. The minimum Gasteiger partial charge on any atom is -0.221 e. The third-order valence-corrected chi connectivity index (χ3v) is 3.49. The summed E-state index contributed by atoms with van der Waals surface area (Å²) in [6, 6.07) is 0. The predicted octanol–water partition coefficient (Wildman–Crippen LogP) is 4.72. The summed E-state index contributed by atoms with van der Waals surface area (Å²) in [5.74, 6) is 0. The molecule has 0 unspecified atom stereocenters. The van der Waals surface area contributed by atoms with Crippen LogP contribution in [0.2, 0.25) is 0 Å². The van der Waals surface area contributed by atoms with Gasteiger partial charge in [-0.2, -0.15) is 4.89 Å². The van der Waals surface area contributed by atoms with Crippen molar-refractivity contribution in [2.45, 2.75) is 84.2 Å². The number of hydrogen-bond acceptors (Lipinski definition) is 3. The van der Waals surface area contributed by atoms with Gasteiger partial charge in [-0.15, -0.1) is 0 Å². The Morgan fingerprint density at radius 3 is 1.94 bits per heavy atom. The monoisotopic (exact) mass is 232 g/mol. The fourth-order valence-corrected chi connectivity index (χ4v) is 2.07. The van der Waals surface area contributed by atoms with E-state index in [1.54, 1.807) is 0 Å². The van der Waals surface area contributed by atoms with Gasteiger partial charge in [-0.05, 0) is 19.3 Å². The molecule has 0 aromatic rings. The molecule has 0 atom stereocenters. The van der Waals surface area contributed by atoms with Crippen molar-refractivity contribution in [1.29, 1.82) is 0 Å². The van der Waals surface area contributed by atoms with Crippen molar-refractivity contribution in [3.05, 3.63) is 0 Å². The van der Waals surface area contributed by atoms with Crippen LogP contribution in [-0.4, -0.2) is 10.9 Å². The third-order valence-electron chi connectivity index (χ3n) is 3.49. The highest BCUT2D eigenvalue weighted by molar-refractivity contribution is 4.75. The molecule has 0 rings (SSSR count). The van der Waals surface area contributed by atoms with Crippen molar-refractivity contribution < 1.29 is 15.2 Å². The molecule has 0 saturated heterocycles. The van der Waals surface area contributed by atoms with Gasteiger partial charge in [0, 0.05) is 0 Å². The van der Waals surface area contributed by atoms with Crippen LogP contribution in [0.15, 0.2) is 0 Å². The summed E-state index contributed by atoms with van der Waals surface area (Å²) >= 11 is 0. The molecule has 0 aromatic carbocycles. The smallest absolute Gasteiger partial charge is 0.106 e. The first-order valence-corrected chi connectivity index (χ1v) is 6.74. The van der Waals surface area contributed by atoms with Crippen LogP contribution in [0, 0.1) is 0 Å². The third kappa shape index (κ3) is 6.46. The lowest BCUT2D eigenvalue weighted by atomic mass is 9.90. The average molecular weight is 232 g/mol. The molecule has 3 heteroatoms. The Morgan fingerprint density at radius 2 is 1.44 bits per heavy atom. The molecule has 0 amide bonds. The molecule has 16 heavy (non-hydrogen) atoms. The van der Waals surface area contributed by atoms with E-state index in [-0.39, 0.29) is 5.60 Å². The van der Waals surface area contributed by atoms with Crippen LogP contribution in [0.3, 0.4) is 0 Å². The molecule has 0 fully saturated rings. The Kier molecular flexibility index (Phi) is 9.99. The van der Waals surface area contributed by atoms with E-state index in [0.717, 1.165) is 25.7 Å². The number of unbranched alkanes of at least 4 members (excludes halogenated alkanes) is 5. The van der Waals surface area contributed by atoms with Gasteiger partial charge in [0.25, 0.3) is 0 Å². The quantitative estimate of drug-likeness (QED) is 0.318. The van der Waals surface area contributed by atoms with Crippen LogP contribution < -0.4 is 0 Å². The van der Waals surface area contributed by atoms with Crippen molar-refractivity contribution in [3.8, 4) is 0 Å². The zero-order valence-electron chi connectivity index (χ0n) is 11.1. The molecule has 0 aliphatic rings. The van der Waals surface area contributed by atoms with Crippen LogP contribution >= 0.6 is 0 Å². The minimum absolute atomic E-state index is 0.292. The molecule has 3 nitrogen and oxygen atoms in total. The summed E-state index contributed by atoms with van der Waals surface area (Å²) < 4.78 is 0. The maximum atomic E-state index is 8.41. The summed E-state index contributed by atoms with van der Waals surface area (Å²) in [5, 5.41) is 12.3. The Hall–Kier alpha value is -0.120. The lowest BCUT2D eigenvalue weighted by molar-refractivity contribution is -0.527. The van der Waals surface area contributed by atoms with Gasteiger partial charge in [-0.3, -0.25) is 0 Å². The Bertz CT molecular complexity index is 144. The topological polar surface area (TPSA) is 38.7 Å². The van der Waals surface area contributed by atoms with Gasteiger partial charge in [-0.1, -0.05) is 64.3 Å². The summed E-state index contributed by atoms with van der Waals surface area (Å²) in [6.07, 6.45) is 10.4. The molecular formula is C13H28O3. The van der Waals surface area contributed by atoms with Gasteiger partial charge in [0.15, 0.2) is 0 Å². The zero-order chi connectivity index (χ0) is 12.3. The summed E-state index contributed by atoms with van der Waals surface area (Å²) in [6.45, 7) is 6.37. The van der Waals surface area contributed by atoms with E-state index in [1.807, 2.05) is 0 Å². The van der Waals surface area contributed by atoms with E-state index in [0.29, 0.717) is 0 Å². The summed E-state index contributed by atoms with van der Waals surface area (Å²) in [5.41, 5.74) is -0.292. The van der Waals surface area contributed by atoms with Gasteiger partial charge in [0.1, 0.15) is 5.60 Å². The Labute approximate surface area is 100.0 Å². The highest BCUT2D eigenvalue weighted by atomic mass is 17.5. The van der Waals surface area contributed by atoms with Crippen LogP contribution in [0.4, 0.5) is 0 Å². The molecule has 98 valence electrons. The molecule has 0 spiro atoms. The van der Waals surface area contributed by atoms with E-state index in [4.69, 9.17) is 10.1 Å². The molecule has 0 aliphatic carbocycles. The van der Waals surface area contributed by atoms with E-state index >= 15 is 0 Å². The van der Waals surface area contributed by atoms with Crippen molar-refractivity contribution in [1.82, 2.24) is 0 Å². The van der Waals surface area contributed by atoms with Gasteiger partial charge < -0.3 is 0 Å². The van der Waals surface area contributed by atoms with Crippen molar-refractivity contribution >= 4 is 0 Å². The number of rotatable bonds is 11. The first-order chi connectivity index (χ1) is 7.74. The van der Waals surface area contributed by atoms with Crippen LogP contribution in [0.5, 0.6) is 0 Å². The normalized spacial score (nSPS) is 12.0. The second-order valence-corrected chi connectivity index (χ2v) is 4.57. The van der Waals surface area contributed by atoms with Crippen molar-refractivity contribution in [2.24, 2.45) is 0 Å². The summed E-state index contributed by atoms with van der Waals surface area (Å²) in [7, 11) is 0. The predicted molar refractivity (Wildman–Crippen MR) is 66.1 cm³/mol. The standard InChI is InChI=1S/C13H28O3/c1-4-7-8-9-10-11-12-13(5-2,6-3)15-16-14/h14H,4-12H2,1-3H3. The first-order valence-electron chi connectivity index (χ1n) is 6.74. The van der Waals surface area contributed by atoms with E-state index in [1.165, 1.54) is 32.1 Å². The average Bonchev–Trinajstić information content (AvgIpc) is 2.32. The summed E-state index contributed by atoms with van der Waals surface area (Å²) in [4.78, 5) is 5.01. The van der Waals surface area contributed by atoms with Gasteiger partial charge in [0.05, 0.1) is 0 Å². The van der Waals surface area contributed by atoms with E-state index in [9.17, 15) is 0 Å².